The Hall–Kier alpha value is -1.61. The van der Waals surface area contributed by atoms with Crippen LogP contribution < -0.4 is 4.74 Å². The molecule has 98 valence electrons. The molecule has 0 radical (unpaired) electrons. The topological polar surface area (TPSA) is 26.3 Å². The van der Waals surface area contributed by atoms with Crippen LogP contribution in [0, 0.1) is 20.8 Å². The number of hydrogen-bond acceptors (Lipinski definition) is 2. The summed E-state index contributed by atoms with van der Waals surface area (Å²) < 4.78 is 6.48. The highest BCUT2D eigenvalue weighted by molar-refractivity contribution is 9.10. The molecule has 2 rings (SSSR count). The molecule has 0 saturated carbocycles. The number of hydrogen-bond donors (Lipinski definition) is 0. The van der Waals surface area contributed by atoms with Gasteiger partial charge in [0.05, 0.1) is 5.56 Å². The van der Waals surface area contributed by atoms with Gasteiger partial charge in [-0.1, -0.05) is 33.6 Å². The lowest BCUT2D eigenvalue weighted by Crippen LogP contribution is -2.10. The molecule has 0 aromatic heterocycles. The molecule has 3 heteroatoms. The highest BCUT2D eigenvalue weighted by Crippen LogP contribution is 2.28. The summed E-state index contributed by atoms with van der Waals surface area (Å²) in [6, 6.07) is 11.2. The van der Waals surface area contributed by atoms with Crippen LogP contribution in [0.25, 0.3) is 0 Å². The summed E-state index contributed by atoms with van der Waals surface area (Å²) in [6.07, 6.45) is 0. The third-order valence-corrected chi connectivity index (χ3v) is 3.36. The van der Waals surface area contributed by atoms with E-state index in [-0.39, 0.29) is 5.97 Å². The predicted octanol–water partition coefficient (Wildman–Crippen LogP) is 4.59. The summed E-state index contributed by atoms with van der Waals surface area (Å²) in [5, 5.41) is 0. The molecule has 0 unspecified atom stereocenters. The van der Waals surface area contributed by atoms with E-state index in [0.717, 1.165) is 21.2 Å². The summed E-state index contributed by atoms with van der Waals surface area (Å²) in [7, 11) is 0. The van der Waals surface area contributed by atoms with E-state index in [1.165, 1.54) is 0 Å². The van der Waals surface area contributed by atoms with Crippen molar-refractivity contribution < 1.29 is 9.53 Å². The highest BCUT2D eigenvalue weighted by atomic mass is 79.9. The molecular weight excluding hydrogens is 304 g/mol. The van der Waals surface area contributed by atoms with Gasteiger partial charge in [-0.2, -0.15) is 0 Å². The zero-order valence-corrected chi connectivity index (χ0v) is 12.7. The maximum atomic E-state index is 12.1. The molecule has 0 bridgehead atoms. The Kier molecular flexibility index (Phi) is 4.05. The Labute approximate surface area is 121 Å². The first kappa shape index (κ1) is 13.8. The number of benzene rings is 2. The van der Waals surface area contributed by atoms with Crippen molar-refractivity contribution in [2.75, 3.05) is 0 Å². The van der Waals surface area contributed by atoms with E-state index in [1.807, 2.05) is 45.0 Å². The van der Waals surface area contributed by atoms with Crippen molar-refractivity contribution in [3.8, 4) is 5.75 Å². The summed E-state index contributed by atoms with van der Waals surface area (Å²) >= 11 is 3.43. The van der Waals surface area contributed by atoms with Gasteiger partial charge in [-0.3, -0.25) is 0 Å². The Balaban J connectivity index is 2.26. The van der Waals surface area contributed by atoms with Crippen LogP contribution >= 0.6 is 15.9 Å². The Morgan fingerprint density at radius 1 is 1.00 bits per heavy atom. The van der Waals surface area contributed by atoms with Crippen molar-refractivity contribution in [2.24, 2.45) is 0 Å². The van der Waals surface area contributed by atoms with Gasteiger partial charge in [-0.25, -0.2) is 4.79 Å². The fourth-order valence-electron chi connectivity index (χ4n) is 1.90. The standard InChI is InChI=1S/C16H15BrO2/c1-10-4-6-13(7-5-10)16(18)19-15-11(2)8-14(17)9-12(15)3/h4-9H,1-3H3. The van der Waals surface area contributed by atoms with Gasteiger partial charge in [-0.15, -0.1) is 0 Å². The van der Waals surface area contributed by atoms with Gasteiger partial charge in [-0.05, 0) is 56.2 Å². The maximum Gasteiger partial charge on any atom is 0.343 e. The molecule has 0 atom stereocenters. The molecule has 2 aromatic rings. The number of carbonyl (C=O) groups excluding carboxylic acids is 1. The summed E-state index contributed by atoms with van der Waals surface area (Å²) in [5.74, 6) is 0.308. The van der Waals surface area contributed by atoms with Crippen molar-refractivity contribution in [1.82, 2.24) is 0 Å². The third kappa shape index (κ3) is 3.24. The van der Waals surface area contributed by atoms with Gasteiger partial charge < -0.3 is 4.74 Å². The first-order valence-corrected chi connectivity index (χ1v) is 6.82. The monoisotopic (exact) mass is 318 g/mol. The lowest BCUT2D eigenvalue weighted by Gasteiger charge is -2.11. The molecule has 0 aliphatic rings. The van der Waals surface area contributed by atoms with Crippen LogP contribution in [0.2, 0.25) is 0 Å². The maximum absolute atomic E-state index is 12.1. The molecule has 0 saturated heterocycles. The molecule has 0 heterocycles. The smallest absolute Gasteiger partial charge is 0.343 e. The minimum Gasteiger partial charge on any atom is -0.422 e. The SMILES string of the molecule is Cc1ccc(C(=O)Oc2c(C)cc(Br)cc2C)cc1. The molecule has 0 aliphatic heterocycles. The van der Waals surface area contributed by atoms with E-state index in [0.29, 0.717) is 11.3 Å². The van der Waals surface area contributed by atoms with Crippen molar-refractivity contribution in [2.45, 2.75) is 20.8 Å². The number of esters is 1. The van der Waals surface area contributed by atoms with Gasteiger partial charge in [0.15, 0.2) is 0 Å². The number of halogens is 1. The fourth-order valence-corrected chi connectivity index (χ4v) is 2.59. The molecule has 0 aliphatic carbocycles. The van der Waals surface area contributed by atoms with Crippen molar-refractivity contribution in [3.05, 3.63) is 63.1 Å². The average Bonchev–Trinajstić information content (AvgIpc) is 2.34. The van der Waals surface area contributed by atoms with Crippen LogP contribution in [0.1, 0.15) is 27.0 Å². The van der Waals surface area contributed by atoms with E-state index in [2.05, 4.69) is 15.9 Å². The first-order chi connectivity index (χ1) is 8.97. The quantitative estimate of drug-likeness (QED) is 0.597. The van der Waals surface area contributed by atoms with Gasteiger partial charge in [0.2, 0.25) is 0 Å². The second-order valence-electron chi connectivity index (χ2n) is 4.62. The Morgan fingerprint density at radius 2 is 1.53 bits per heavy atom. The van der Waals surface area contributed by atoms with Gasteiger partial charge in [0, 0.05) is 4.47 Å². The van der Waals surface area contributed by atoms with Gasteiger partial charge >= 0.3 is 5.97 Å². The average molecular weight is 319 g/mol. The van der Waals surface area contributed by atoms with Crippen LogP contribution in [-0.2, 0) is 0 Å². The molecule has 0 spiro atoms. The normalized spacial score (nSPS) is 10.3. The van der Waals surface area contributed by atoms with Crippen LogP contribution in [0.15, 0.2) is 40.9 Å². The van der Waals surface area contributed by atoms with Crippen LogP contribution in [0.5, 0.6) is 5.75 Å². The third-order valence-electron chi connectivity index (χ3n) is 2.91. The minimum absolute atomic E-state index is 0.325. The van der Waals surface area contributed by atoms with Gasteiger partial charge in [0.25, 0.3) is 0 Å². The predicted molar refractivity (Wildman–Crippen MR) is 79.8 cm³/mol. The number of aryl methyl sites for hydroxylation is 3. The number of carbonyl (C=O) groups is 1. The van der Waals surface area contributed by atoms with E-state index in [4.69, 9.17) is 4.74 Å². The zero-order chi connectivity index (χ0) is 14.0. The summed E-state index contributed by atoms with van der Waals surface area (Å²) in [5.41, 5.74) is 3.56. The zero-order valence-electron chi connectivity index (χ0n) is 11.2. The van der Waals surface area contributed by atoms with E-state index in [9.17, 15) is 4.79 Å². The van der Waals surface area contributed by atoms with E-state index >= 15 is 0 Å². The van der Waals surface area contributed by atoms with Crippen molar-refractivity contribution >= 4 is 21.9 Å². The van der Waals surface area contributed by atoms with Gasteiger partial charge in [0.1, 0.15) is 5.75 Å². The van der Waals surface area contributed by atoms with E-state index in [1.54, 1.807) is 12.1 Å². The molecule has 2 nitrogen and oxygen atoms in total. The molecule has 19 heavy (non-hydrogen) atoms. The summed E-state index contributed by atoms with van der Waals surface area (Å²) in [4.78, 5) is 12.1. The Bertz CT molecular complexity index is 592. The van der Waals surface area contributed by atoms with Crippen molar-refractivity contribution in [1.29, 1.82) is 0 Å². The number of ether oxygens (including phenoxy) is 1. The van der Waals surface area contributed by atoms with Crippen LogP contribution in [0.4, 0.5) is 0 Å². The van der Waals surface area contributed by atoms with Crippen LogP contribution in [-0.4, -0.2) is 5.97 Å². The lowest BCUT2D eigenvalue weighted by atomic mass is 10.1. The molecule has 0 fully saturated rings. The first-order valence-electron chi connectivity index (χ1n) is 6.03. The fraction of sp³-hybridized carbons (Fsp3) is 0.188. The second kappa shape index (κ2) is 5.57. The number of rotatable bonds is 2. The van der Waals surface area contributed by atoms with Crippen molar-refractivity contribution in [3.63, 3.8) is 0 Å². The molecular formula is C16H15BrO2. The largest absolute Gasteiger partial charge is 0.422 e. The molecule has 2 aromatic carbocycles. The second-order valence-corrected chi connectivity index (χ2v) is 5.54. The highest BCUT2D eigenvalue weighted by Gasteiger charge is 2.12. The van der Waals surface area contributed by atoms with Crippen LogP contribution in [0.3, 0.4) is 0 Å². The lowest BCUT2D eigenvalue weighted by molar-refractivity contribution is 0.0732. The Morgan fingerprint density at radius 3 is 2.05 bits per heavy atom. The van der Waals surface area contributed by atoms with E-state index < -0.39 is 0 Å². The molecule has 0 N–H and O–H groups in total. The minimum atomic E-state index is -0.325. The summed E-state index contributed by atoms with van der Waals surface area (Å²) in [6.45, 7) is 5.84. The molecule has 0 amide bonds.